The van der Waals surface area contributed by atoms with Gasteiger partial charge in [-0.25, -0.2) is 0 Å². The summed E-state index contributed by atoms with van der Waals surface area (Å²) in [7, 11) is 3.81. The van der Waals surface area contributed by atoms with E-state index in [4.69, 9.17) is 15.2 Å². The largest absolute Gasteiger partial charge is 0.493 e. The molecule has 0 bridgehead atoms. The number of nitrogens with zero attached hydrogens (tertiary/aromatic N) is 1. The second-order valence-corrected chi connectivity index (χ2v) is 4.81. The Morgan fingerprint density at radius 1 is 1.28 bits per heavy atom. The van der Waals surface area contributed by atoms with E-state index >= 15 is 0 Å². The zero-order valence-electron chi connectivity index (χ0n) is 11.2. The van der Waals surface area contributed by atoms with Gasteiger partial charge in [0.15, 0.2) is 11.5 Å². The highest BCUT2D eigenvalue weighted by Crippen LogP contribution is 2.30. The quantitative estimate of drug-likeness (QED) is 0.882. The Kier molecular flexibility index (Phi) is 4.44. The molecule has 0 aromatic heterocycles. The third kappa shape index (κ3) is 3.15. The van der Waals surface area contributed by atoms with Gasteiger partial charge in [-0.05, 0) is 37.6 Å². The lowest BCUT2D eigenvalue weighted by Gasteiger charge is -2.29. The monoisotopic (exact) mass is 250 g/mol. The molecule has 0 spiro atoms. The van der Waals surface area contributed by atoms with Crippen molar-refractivity contribution in [2.45, 2.75) is 25.5 Å². The molecule has 1 aliphatic rings. The predicted molar refractivity (Wildman–Crippen MR) is 72.0 cm³/mol. The van der Waals surface area contributed by atoms with Crippen molar-refractivity contribution in [1.29, 1.82) is 0 Å². The first-order chi connectivity index (χ1) is 8.72. The van der Waals surface area contributed by atoms with Gasteiger partial charge in [-0.15, -0.1) is 0 Å². The van der Waals surface area contributed by atoms with Gasteiger partial charge in [0.1, 0.15) is 6.10 Å². The van der Waals surface area contributed by atoms with E-state index < -0.39 is 0 Å². The first-order valence-corrected chi connectivity index (χ1v) is 6.45. The first-order valence-electron chi connectivity index (χ1n) is 6.45. The summed E-state index contributed by atoms with van der Waals surface area (Å²) in [4.78, 5) is 2.33. The predicted octanol–water partition coefficient (Wildman–Crippen LogP) is 1.63. The zero-order chi connectivity index (χ0) is 13.0. The minimum absolute atomic E-state index is 0.281. The summed E-state index contributed by atoms with van der Waals surface area (Å²) in [5, 5.41) is 0. The average molecular weight is 250 g/mol. The summed E-state index contributed by atoms with van der Waals surface area (Å²) in [6.45, 7) is 2.70. The van der Waals surface area contributed by atoms with E-state index in [0.29, 0.717) is 6.54 Å². The molecule has 1 aromatic carbocycles. The zero-order valence-corrected chi connectivity index (χ0v) is 11.2. The highest BCUT2D eigenvalue weighted by atomic mass is 16.5. The molecule has 1 aromatic rings. The highest BCUT2D eigenvalue weighted by molar-refractivity contribution is 5.43. The molecule has 0 unspecified atom stereocenters. The molecular weight excluding hydrogens is 228 g/mol. The molecule has 2 N–H and O–H groups in total. The first kappa shape index (κ1) is 13.2. The maximum atomic E-state index is 6.06. The molecule has 0 radical (unpaired) electrons. The van der Waals surface area contributed by atoms with Crippen LogP contribution < -0.4 is 15.2 Å². The van der Waals surface area contributed by atoms with Crippen LogP contribution in [-0.4, -0.2) is 38.3 Å². The van der Waals surface area contributed by atoms with E-state index in [1.807, 2.05) is 18.2 Å². The number of benzene rings is 1. The normalized spacial score (nSPS) is 17.7. The molecular formula is C14H22N2O2. The Morgan fingerprint density at radius 2 is 2.00 bits per heavy atom. The summed E-state index contributed by atoms with van der Waals surface area (Å²) in [6.07, 6.45) is 2.40. The second kappa shape index (κ2) is 6.07. The van der Waals surface area contributed by atoms with Gasteiger partial charge in [-0.3, -0.25) is 0 Å². The van der Waals surface area contributed by atoms with Crippen LogP contribution in [0.4, 0.5) is 0 Å². The molecule has 2 rings (SSSR count). The van der Waals surface area contributed by atoms with Crippen molar-refractivity contribution in [2.24, 2.45) is 5.73 Å². The van der Waals surface area contributed by atoms with Gasteiger partial charge in [-0.2, -0.15) is 0 Å². The Balaban J connectivity index is 2.07. The Bertz CT molecular complexity index is 387. The minimum atomic E-state index is 0.281. The van der Waals surface area contributed by atoms with Crippen LogP contribution in [0, 0.1) is 0 Å². The van der Waals surface area contributed by atoms with Crippen molar-refractivity contribution in [3.63, 3.8) is 0 Å². The lowest BCUT2D eigenvalue weighted by molar-refractivity contribution is 0.111. The topological polar surface area (TPSA) is 47.7 Å². The number of hydrogen-bond acceptors (Lipinski definition) is 4. The fourth-order valence-electron chi connectivity index (χ4n) is 2.22. The lowest BCUT2D eigenvalue weighted by Crippen LogP contribution is -2.35. The molecule has 0 saturated carbocycles. The fourth-order valence-corrected chi connectivity index (χ4v) is 2.22. The van der Waals surface area contributed by atoms with Gasteiger partial charge < -0.3 is 20.1 Å². The summed E-state index contributed by atoms with van der Waals surface area (Å²) >= 11 is 0. The number of nitrogens with two attached hydrogens (primary N) is 1. The maximum absolute atomic E-state index is 6.06. The van der Waals surface area contributed by atoms with Crippen molar-refractivity contribution in [3.8, 4) is 11.5 Å². The van der Waals surface area contributed by atoms with Crippen molar-refractivity contribution in [3.05, 3.63) is 23.8 Å². The number of likely N-dealkylation sites (tertiary alicyclic amines) is 1. The van der Waals surface area contributed by atoms with Crippen LogP contribution in [0.5, 0.6) is 11.5 Å². The third-order valence-corrected chi connectivity index (χ3v) is 3.42. The van der Waals surface area contributed by atoms with Crippen molar-refractivity contribution in [1.82, 2.24) is 4.90 Å². The Morgan fingerprint density at radius 3 is 2.61 bits per heavy atom. The average Bonchev–Trinajstić information content (AvgIpc) is 2.41. The minimum Gasteiger partial charge on any atom is -0.493 e. The highest BCUT2D eigenvalue weighted by Gasteiger charge is 2.19. The molecule has 1 fully saturated rings. The summed E-state index contributed by atoms with van der Waals surface area (Å²) in [6, 6.07) is 5.88. The van der Waals surface area contributed by atoms with Crippen LogP contribution in [0.25, 0.3) is 0 Å². The van der Waals surface area contributed by atoms with E-state index in [-0.39, 0.29) is 6.10 Å². The standard InChI is InChI=1S/C14H22N2O2/c1-16-7-5-12(6-8-16)18-14-9-11(10-15)3-4-13(14)17-2/h3-4,9,12H,5-8,10,15H2,1-2H3. The van der Waals surface area contributed by atoms with E-state index in [9.17, 15) is 0 Å². The molecule has 18 heavy (non-hydrogen) atoms. The van der Waals surface area contributed by atoms with Crippen LogP contribution >= 0.6 is 0 Å². The van der Waals surface area contributed by atoms with E-state index in [1.54, 1.807) is 7.11 Å². The van der Waals surface area contributed by atoms with Crippen molar-refractivity contribution < 1.29 is 9.47 Å². The van der Waals surface area contributed by atoms with E-state index in [0.717, 1.165) is 43.0 Å². The van der Waals surface area contributed by atoms with Crippen LogP contribution in [-0.2, 0) is 6.54 Å². The summed E-state index contributed by atoms with van der Waals surface area (Å²) in [5.74, 6) is 1.60. The summed E-state index contributed by atoms with van der Waals surface area (Å²) < 4.78 is 11.4. The van der Waals surface area contributed by atoms with E-state index in [1.165, 1.54) is 0 Å². The molecule has 4 heteroatoms. The molecule has 100 valence electrons. The van der Waals surface area contributed by atoms with Crippen LogP contribution in [0.1, 0.15) is 18.4 Å². The number of hydrogen-bond donors (Lipinski definition) is 1. The lowest BCUT2D eigenvalue weighted by atomic mass is 10.1. The SMILES string of the molecule is COc1ccc(CN)cc1OC1CCN(C)CC1. The molecule has 4 nitrogen and oxygen atoms in total. The summed E-state index contributed by atoms with van der Waals surface area (Å²) in [5.41, 5.74) is 6.73. The molecule has 0 atom stereocenters. The number of piperidine rings is 1. The molecule has 1 aliphatic heterocycles. The van der Waals surface area contributed by atoms with Gasteiger partial charge in [-0.1, -0.05) is 6.07 Å². The number of ether oxygens (including phenoxy) is 2. The number of rotatable bonds is 4. The van der Waals surface area contributed by atoms with Crippen molar-refractivity contribution in [2.75, 3.05) is 27.2 Å². The third-order valence-electron chi connectivity index (χ3n) is 3.42. The van der Waals surface area contributed by atoms with Crippen LogP contribution in [0.2, 0.25) is 0 Å². The van der Waals surface area contributed by atoms with Crippen molar-refractivity contribution >= 4 is 0 Å². The van der Waals surface area contributed by atoms with E-state index in [2.05, 4.69) is 11.9 Å². The molecule has 1 saturated heterocycles. The van der Waals surface area contributed by atoms with Crippen LogP contribution in [0.15, 0.2) is 18.2 Å². The smallest absolute Gasteiger partial charge is 0.161 e. The van der Waals surface area contributed by atoms with Gasteiger partial charge in [0.05, 0.1) is 7.11 Å². The van der Waals surface area contributed by atoms with Gasteiger partial charge >= 0.3 is 0 Å². The second-order valence-electron chi connectivity index (χ2n) is 4.81. The van der Waals surface area contributed by atoms with Gasteiger partial charge in [0.25, 0.3) is 0 Å². The van der Waals surface area contributed by atoms with Crippen LogP contribution in [0.3, 0.4) is 0 Å². The molecule has 0 aliphatic carbocycles. The number of methoxy groups -OCH3 is 1. The molecule has 0 amide bonds. The fraction of sp³-hybridized carbons (Fsp3) is 0.571. The Labute approximate surface area is 109 Å². The van der Waals surface area contributed by atoms with Gasteiger partial charge in [0.2, 0.25) is 0 Å². The maximum Gasteiger partial charge on any atom is 0.161 e. The van der Waals surface area contributed by atoms with Gasteiger partial charge in [0, 0.05) is 19.6 Å². The molecule has 1 heterocycles. The Hall–Kier alpha value is -1.26.